The molecule has 0 saturated carbocycles. The van der Waals surface area contributed by atoms with Gasteiger partial charge in [-0.15, -0.1) is 0 Å². The lowest BCUT2D eigenvalue weighted by Crippen LogP contribution is -2.05. The molecule has 0 bridgehead atoms. The van der Waals surface area contributed by atoms with Crippen molar-refractivity contribution in [2.75, 3.05) is 6.61 Å². The Morgan fingerprint density at radius 1 is 0.640 bits per heavy atom. The number of rotatable bonds is 19. The van der Waals surface area contributed by atoms with E-state index in [4.69, 9.17) is 9.84 Å². The molecule has 0 fully saturated rings. The lowest BCUT2D eigenvalue weighted by molar-refractivity contribution is -0.144. The molecule has 0 amide bonds. The van der Waals surface area contributed by atoms with Crippen LogP contribution in [0.5, 0.6) is 0 Å². The van der Waals surface area contributed by atoms with E-state index >= 15 is 0 Å². The number of carbonyl (C=O) groups excluding carboxylic acids is 1. The van der Waals surface area contributed by atoms with Gasteiger partial charge in [-0.1, -0.05) is 84.0 Å². The van der Waals surface area contributed by atoms with Gasteiger partial charge in [0.2, 0.25) is 0 Å². The molecule has 0 aliphatic carbocycles. The Balaban J connectivity index is 3.16. The lowest BCUT2D eigenvalue weighted by Gasteiger charge is -2.05. The van der Waals surface area contributed by atoms with Crippen LogP contribution in [-0.2, 0) is 14.3 Å². The molecule has 25 heavy (non-hydrogen) atoms. The third-order valence-corrected chi connectivity index (χ3v) is 4.53. The molecule has 0 rings (SSSR count). The van der Waals surface area contributed by atoms with Gasteiger partial charge in [0.05, 0.1) is 6.61 Å². The predicted octanol–water partition coefficient (Wildman–Crippen LogP) is 6.27. The summed E-state index contributed by atoms with van der Waals surface area (Å²) in [6.45, 7) is 2.81. The molecule has 0 atom stereocenters. The summed E-state index contributed by atoms with van der Waals surface area (Å²) in [6.07, 6.45) is 18.0. The molecule has 148 valence electrons. The summed E-state index contributed by atoms with van der Waals surface area (Å²) in [5.74, 6) is -0.737. The van der Waals surface area contributed by atoms with Gasteiger partial charge in [-0.2, -0.15) is 0 Å². The van der Waals surface area contributed by atoms with Crippen molar-refractivity contribution in [1.82, 2.24) is 0 Å². The first-order chi connectivity index (χ1) is 12.2. The highest BCUT2D eigenvalue weighted by Gasteiger charge is 2.02. The van der Waals surface area contributed by atoms with Gasteiger partial charge in [-0.25, -0.2) is 0 Å². The van der Waals surface area contributed by atoms with Crippen molar-refractivity contribution in [1.29, 1.82) is 0 Å². The van der Waals surface area contributed by atoms with Crippen LogP contribution in [0.3, 0.4) is 0 Å². The molecular weight excluding hydrogens is 316 g/mol. The van der Waals surface area contributed by atoms with Crippen LogP contribution < -0.4 is 0 Å². The van der Waals surface area contributed by atoms with E-state index in [1.165, 1.54) is 51.4 Å². The number of carbonyl (C=O) groups is 2. The first kappa shape index (κ1) is 23.9. The number of aliphatic carboxylic acids is 1. The van der Waals surface area contributed by atoms with E-state index in [0.717, 1.165) is 44.9 Å². The maximum Gasteiger partial charge on any atom is 0.305 e. The first-order valence-corrected chi connectivity index (χ1v) is 10.5. The highest BCUT2D eigenvalue weighted by atomic mass is 16.5. The average Bonchev–Trinajstić information content (AvgIpc) is 2.58. The Hall–Kier alpha value is -1.06. The summed E-state index contributed by atoms with van der Waals surface area (Å²) in [4.78, 5) is 22.0. The fourth-order valence-electron chi connectivity index (χ4n) is 2.92. The number of hydrogen-bond acceptors (Lipinski definition) is 3. The SMILES string of the molecule is CCCCCCCCCOC(=O)CCCCCCCCCCC(=O)O. The number of ether oxygens (including phenoxy) is 1. The van der Waals surface area contributed by atoms with E-state index in [1.54, 1.807) is 0 Å². The average molecular weight is 357 g/mol. The van der Waals surface area contributed by atoms with Crippen molar-refractivity contribution < 1.29 is 19.4 Å². The Bertz CT molecular complexity index is 315. The largest absolute Gasteiger partial charge is 0.481 e. The van der Waals surface area contributed by atoms with Gasteiger partial charge in [0, 0.05) is 12.8 Å². The van der Waals surface area contributed by atoms with E-state index in [-0.39, 0.29) is 5.97 Å². The Morgan fingerprint density at radius 3 is 1.60 bits per heavy atom. The van der Waals surface area contributed by atoms with Gasteiger partial charge in [-0.3, -0.25) is 9.59 Å². The summed E-state index contributed by atoms with van der Waals surface area (Å²) < 4.78 is 5.27. The van der Waals surface area contributed by atoms with Gasteiger partial charge >= 0.3 is 11.9 Å². The molecule has 0 aromatic rings. The van der Waals surface area contributed by atoms with Crippen LogP contribution in [0.1, 0.15) is 116 Å². The highest BCUT2D eigenvalue weighted by molar-refractivity contribution is 5.69. The normalized spacial score (nSPS) is 10.8. The predicted molar refractivity (Wildman–Crippen MR) is 103 cm³/mol. The summed E-state index contributed by atoms with van der Waals surface area (Å²) in [5.41, 5.74) is 0. The van der Waals surface area contributed by atoms with Gasteiger partial charge in [-0.05, 0) is 19.3 Å². The topological polar surface area (TPSA) is 63.6 Å². The van der Waals surface area contributed by atoms with E-state index in [2.05, 4.69) is 6.92 Å². The Morgan fingerprint density at radius 2 is 1.08 bits per heavy atom. The van der Waals surface area contributed by atoms with Crippen molar-refractivity contribution in [2.45, 2.75) is 116 Å². The van der Waals surface area contributed by atoms with Crippen LogP contribution in [0.4, 0.5) is 0 Å². The second-order valence-corrected chi connectivity index (χ2v) is 7.06. The van der Waals surface area contributed by atoms with Gasteiger partial charge in [0.25, 0.3) is 0 Å². The van der Waals surface area contributed by atoms with Gasteiger partial charge in [0.1, 0.15) is 0 Å². The van der Waals surface area contributed by atoms with Gasteiger partial charge in [0.15, 0.2) is 0 Å². The molecule has 0 radical (unpaired) electrons. The summed E-state index contributed by atoms with van der Waals surface area (Å²) in [7, 11) is 0. The number of unbranched alkanes of at least 4 members (excludes halogenated alkanes) is 13. The first-order valence-electron chi connectivity index (χ1n) is 10.5. The zero-order valence-electron chi connectivity index (χ0n) is 16.4. The van der Waals surface area contributed by atoms with Crippen LogP contribution in [0.25, 0.3) is 0 Å². The van der Waals surface area contributed by atoms with Crippen LogP contribution in [0.15, 0.2) is 0 Å². The molecule has 0 unspecified atom stereocenters. The van der Waals surface area contributed by atoms with Crippen molar-refractivity contribution in [3.8, 4) is 0 Å². The maximum atomic E-state index is 11.6. The molecule has 0 heterocycles. The van der Waals surface area contributed by atoms with Crippen LogP contribution in [-0.4, -0.2) is 23.7 Å². The third kappa shape index (κ3) is 20.9. The molecule has 0 aliphatic rings. The van der Waals surface area contributed by atoms with Crippen molar-refractivity contribution in [2.24, 2.45) is 0 Å². The summed E-state index contributed by atoms with van der Waals surface area (Å²) in [6, 6.07) is 0. The number of hydrogen-bond donors (Lipinski definition) is 1. The van der Waals surface area contributed by atoms with E-state index in [1.807, 2.05) is 0 Å². The molecule has 0 saturated heterocycles. The molecule has 0 spiro atoms. The molecule has 4 heteroatoms. The van der Waals surface area contributed by atoms with E-state index in [0.29, 0.717) is 19.4 Å². The zero-order valence-corrected chi connectivity index (χ0v) is 16.4. The van der Waals surface area contributed by atoms with Crippen LogP contribution in [0.2, 0.25) is 0 Å². The Labute approximate surface area is 154 Å². The smallest absolute Gasteiger partial charge is 0.305 e. The second kappa shape index (κ2) is 19.3. The standard InChI is InChI=1S/C21H40O4/c1-2-3-4-5-10-13-16-19-25-21(24)18-15-12-9-7-6-8-11-14-17-20(22)23/h2-19H2,1H3,(H,22,23). The number of carboxylic acid groups (broad SMARTS) is 1. The van der Waals surface area contributed by atoms with E-state index < -0.39 is 5.97 Å². The van der Waals surface area contributed by atoms with E-state index in [9.17, 15) is 9.59 Å². The van der Waals surface area contributed by atoms with Crippen molar-refractivity contribution >= 4 is 11.9 Å². The quantitative estimate of drug-likeness (QED) is 0.219. The minimum atomic E-state index is -0.696. The monoisotopic (exact) mass is 356 g/mol. The molecule has 4 nitrogen and oxygen atoms in total. The zero-order chi connectivity index (χ0) is 18.6. The molecule has 0 aromatic carbocycles. The molecular formula is C21H40O4. The molecule has 0 aliphatic heterocycles. The molecule has 1 N–H and O–H groups in total. The summed E-state index contributed by atoms with van der Waals surface area (Å²) in [5, 5.41) is 8.54. The third-order valence-electron chi connectivity index (χ3n) is 4.53. The minimum absolute atomic E-state index is 0.0420. The maximum absolute atomic E-state index is 11.6. The van der Waals surface area contributed by atoms with Gasteiger partial charge < -0.3 is 9.84 Å². The fraction of sp³-hybridized carbons (Fsp3) is 0.905. The number of carboxylic acids is 1. The summed E-state index contributed by atoms with van der Waals surface area (Å²) >= 11 is 0. The lowest BCUT2D eigenvalue weighted by atomic mass is 10.1. The Kier molecular flexibility index (Phi) is 18.5. The van der Waals surface area contributed by atoms with Crippen LogP contribution >= 0.6 is 0 Å². The van der Waals surface area contributed by atoms with Crippen molar-refractivity contribution in [3.05, 3.63) is 0 Å². The second-order valence-electron chi connectivity index (χ2n) is 7.06. The molecule has 0 aromatic heterocycles. The number of esters is 1. The minimum Gasteiger partial charge on any atom is -0.481 e. The van der Waals surface area contributed by atoms with Crippen LogP contribution in [0, 0.1) is 0 Å². The van der Waals surface area contributed by atoms with Crippen molar-refractivity contribution in [3.63, 3.8) is 0 Å². The fourth-order valence-corrected chi connectivity index (χ4v) is 2.92. The highest BCUT2D eigenvalue weighted by Crippen LogP contribution is 2.11.